The lowest BCUT2D eigenvalue weighted by atomic mass is 9.95. The van der Waals surface area contributed by atoms with Gasteiger partial charge in [-0.2, -0.15) is 0 Å². The smallest absolute Gasteiger partial charge is 0.330 e. The normalized spacial score (nSPS) is 15.7. The highest BCUT2D eigenvalue weighted by Gasteiger charge is 2.24. The summed E-state index contributed by atoms with van der Waals surface area (Å²) in [7, 11) is 3.28. The third-order valence-corrected chi connectivity index (χ3v) is 6.03. The maximum Gasteiger partial charge on any atom is 0.330 e. The average Bonchev–Trinajstić information content (AvgIpc) is 3.06. The Morgan fingerprint density at radius 1 is 1.04 bits per heavy atom. The number of aryl methyl sites for hydroxylation is 1. The first-order valence-electron chi connectivity index (χ1n) is 9.05. The molecule has 1 saturated carbocycles. The predicted molar refractivity (Wildman–Crippen MR) is 108 cm³/mol. The van der Waals surface area contributed by atoms with Gasteiger partial charge in [0.2, 0.25) is 0 Å². The number of aromatic nitrogens is 3. The second-order valence-corrected chi connectivity index (χ2v) is 8.07. The van der Waals surface area contributed by atoms with Crippen LogP contribution in [0.25, 0.3) is 22.2 Å². The molecular weight excluding hydrogens is 394 g/mol. The summed E-state index contributed by atoms with van der Waals surface area (Å²) in [6.45, 7) is 0. The number of hydrogen-bond donors (Lipinski definition) is 0. The topological polar surface area (TPSA) is 48.9 Å². The fourth-order valence-corrected chi connectivity index (χ4v) is 4.53. The van der Waals surface area contributed by atoms with Gasteiger partial charge in [0.25, 0.3) is 5.56 Å². The lowest BCUT2D eigenvalue weighted by Gasteiger charge is -2.25. The van der Waals surface area contributed by atoms with Crippen LogP contribution < -0.4 is 11.2 Å². The summed E-state index contributed by atoms with van der Waals surface area (Å²) in [6, 6.07) is 8.40. The molecule has 0 spiro atoms. The lowest BCUT2D eigenvalue weighted by Crippen LogP contribution is -2.36. The first-order valence-corrected chi connectivity index (χ1v) is 9.85. The Morgan fingerprint density at radius 3 is 2.46 bits per heavy atom. The van der Waals surface area contributed by atoms with Crippen LogP contribution in [0, 0.1) is 0 Å². The van der Waals surface area contributed by atoms with E-state index >= 15 is 0 Å². The van der Waals surface area contributed by atoms with Crippen LogP contribution in [0.2, 0.25) is 0 Å². The highest BCUT2D eigenvalue weighted by atomic mass is 79.9. The monoisotopic (exact) mass is 415 g/mol. The fraction of sp³-hybridized carbons (Fsp3) is 0.400. The van der Waals surface area contributed by atoms with E-state index in [1.54, 1.807) is 18.7 Å². The van der Waals surface area contributed by atoms with Gasteiger partial charge in [0, 0.05) is 36.4 Å². The summed E-state index contributed by atoms with van der Waals surface area (Å²) in [5, 5.41) is 0.623. The van der Waals surface area contributed by atoms with Gasteiger partial charge < -0.3 is 4.57 Å². The van der Waals surface area contributed by atoms with Gasteiger partial charge in [0.05, 0.1) is 16.6 Å². The molecule has 26 heavy (non-hydrogen) atoms. The Kier molecular flexibility index (Phi) is 4.39. The number of rotatable bonds is 2. The van der Waals surface area contributed by atoms with Gasteiger partial charge in [-0.3, -0.25) is 13.9 Å². The van der Waals surface area contributed by atoms with Gasteiger partial charge in [-0.15, -0.1) is 0 Å². The van der Waals surface area contributed by atoms with Gasteiger partial charge in [0.15, 0.2) is 0 Å². The molecule has 0 amide bonds. The number of halogens is 1. The molecular formula is C20H22BrN3O2. The van der Waals surface area contributed by atoms with E-state index in [-0.39, 0.29) is 11.2 Å². The van der Waals surface area contributed by atoms with Gasteiger partial charge in [0.1, 0.15) is 0 Å². The average molecular weight is 416 g/mol. The summed E-state index contributed by atoms with van der Waals surface area (Å²) < 4.78 is 6.00. The van der Waals surface area contributed by atoms with Crippen molar-refractivity contribution in [1.82, 2.24) is 13.7 Å². The molecule has 1 fully saturated rings. The van der Waals surface area contributed by atoms with E-state index in [1.165, 1.54) is 23.8 Å². The Balaban J connectivity index is 2.11. The third-order valence-electron chi connectivity index (χ3n) is 5.53. The van der Waals surface area contributed by atoms with Crippen LogP contribution in [0.1, 0.15) is 38.1 Å². The van der Waals surface area contributed by atoms with E-state index in [9.17, 15) is 9.59 Å². The Hall–Kier alpha value is -2.08. The van der Waals surface area contributed by atoms with Crippen molar-refractivity contribution >= 4 is 26.8 Å². The maximum atomic E-state index is 13.0. The molecule has 0 bridgehead atoms. The molecule has 136 valence electrons. The summed E-state index contributed by atoms with van der Waals surface area (Å²) in [5.74, 6) is 0. The molecule has 2 aromatic heterocycles. The van der Waals surface area contributed by atoms with Crippen molar-refractivity contribution in [3.63, 3.8) is 0 Å². The van der Waals surface area contributed by atoms with Gasteiger partial charge >= 0.3 is 5.69 Å². The summed E-state index contributed by atoms with van der Waals surface area (Å²) >= 11 is 3.54. The van der Waals surface area contributed by atoms with Crippen molar-refractivity contribution in [2.24, 2.45) is 14.1 Å². The molecule has 3 aromatic rings. The van der Waals surface area contributed by atoms with Crippen molar-refractivity contribution in [1.29, 1.82) is 0 Å². The molecule has 0 radical (unpaired) electrons. The minimum absolute atomic E-state index is 0.229. The van der Waals surface area contributed by atoms with Crippen molar-refractivity contribution in [2.45, 2.75) is 38.1 Å². The van der Waals surface area contributed by atoms with Crippen LogP contribution >= 0.6 is 15.9 Å². The molecule has 0 unspecified atom stereocenters. The van der Waals surface area contributed by atoms with Crippen molar-refractivity contribution in [2.75, 3.05) is 0 Å². The molecule has 6 heteroatoms. The molecule has 5 nitrogen and oxygen atoms in total. The van der Waals surface area contributed by atoms with E-state index in [0.29, 0.717) is 16.9 Å². The molecule has 2 heterocycles. The largest absolute Gasteiger partial charge is 0.342 e. The van der Waals surface area contributed by atoms with Crippen molar-refractivity contribution in [3.8, 4) is 11.3 Å². The van der Waals surface area contributed by atoms with Gasteiger partial charge in [-0.25, -0.2) is 4.79 Å². The van der Waals surface area contributed by atoms with E-state index < -0.39 is 0 Å². The first-order chi connectivity index (χ1) is 12.5. The van der Waals surface area contributed by atoms with Crippen molar-refractivity contribution in [3.05, 3.63) is 55.8 Å². The van der Waals surface area contributed by atoms with Crippen LogP contribution in [0.5, 0.6) is 0 Å². The van der Waals surface area contributed by atoms with Crippen LogP contribution in [0.4, 0.5) is 0 Å². The van der Waals surface area contributed by atoms with E-state index in [4.69, 9.17) is 0 Å². The quantitative estimate of drug-likeness (QED) is 0.635. The lowest BCUT2D eigenvalue weighted by molar-refractivity contribution is 0.357. The van der Waals surface area contributed by atoms with E-state index in [0.717, 1.165) is 28.6 Å². The molecule has 1 aliphatic rings. The number of benzene rings is 1. The van der Waals surface area contributed by atoms with Crippen LogP contribution in [-0.4, -0.2) is 13.7 Å². The van der Waals surface area contributed by atoms with Crippen LogP contribution in [0.3, 0.4) is 0 Å². The molecule has 1 aromatic carbocycles. The molecule has 0 aliphatic heterocycles. The van der Waals surface area contributed by atoms with Gasteiger partial charge in [-0.1, -0.05) is 47.3 Å². The molecule has 0 atom stereocenters. The Labute approximate surface area is 160 Å². The standard InChI is InChI=1S/C20H22BrN3O2/c1-22-16-12-24(15-9-4-3-5-10-15)18(13-7-6-8-14(21)11-13)17(16)19(25)23(2)20(22)26/h6-8,11-12,15H,3-5,9-10H2,1-2H3. The number of nitrogens with zero attached hydrogens (tertiary/aromatic N) is 3. The summed E-state index contributed by atoms with van der Waals surface area (Å²) in [5.41, 5.74) is 2.11. The Morgan fingerprint density at radius 2 is 1.77 bits per heavy atom. The predicted octanol–water partition coefficient (Wildman–Crippen LogP) is 3.97. The SMILES string of the molecule is Cn1c(=O)c2c(-c3cccc(Br)c3)n(C3CCCCC3)cc2n(C)c1=O. The molecule has 0 N–H and O–H groups in total. The highest BCUT2D eigenvalue weighted by molar-refractivity contribution is 9.10. The van der Waals surface area contributed by atoms with Crippen LogP contribution in [-0.2, 0) is 14.1 Å². The minimum atomic E-state index is -0.288. The zero-order valence-corrected chi connectivity index (χ0v) is 16.6. The first kappa shape index (κ1) is 17.3. The summed E-state index contributed by atoms with van der Waals surface area (Å²) in [4.78, 5) is 25.4. The summed E-state index contributed by atoms with van der Waals surface area (Å²) in [6.07, 6.45) is 7.89. The minimum Gasteiger partial charge on any atom is -0.342 e. The zero-order chi connectivity index (χ0) is 18.4. The second kappa shape index (κ2) is 6.58. The zero-order valence-electron chi connectivity index (χ0n) is 15.0. The highest BCUT2D eigenvalue weighted by Crippen LogP contribution is 2.37. The third kappa shape index (κ3) is 2.67. The van der Waals surface area contributed by atoms with E-state index in [1.807, 2.05) is 30.5 Å². The van der Waals surface area contributed by atoms with E-state index in [2.05, 4.69) is 20.5 Å². The Bertz CT molecular complexity index is 1100. The molecule has 1 aliphatic carbocycles. The van der Waals surface area contributed by atoms with Crippen LogP contribution in [0.15, 0.2) is 44.5 Å². The molecule has 0 saturated heterocycles. The van der Waals surface area contributed by atoms with Gasteiger partial charge in [-0.05, 0) is 25.0 Å². The number of hydrogen-bond acceptors (Lipinski definition) is 2. The number of fused-ring (bicyclic) bond motifs is 1. The van der Waals surface area contributed by atoms with Crippen molar-refractivity contribution < 1.29 is 0 Å². The second-order valence-electron chi connectivity index (χ2n) is 7.15. The molecule has 4 rings (SSSR count). The fourth-order valence-electron chi connectivity index (χ4n) is 4.14. The maximum absolute atomic E-state index is 13.0.